The smallest absolute Gasteiger partial charge is 0.255 e. The molecule has 1 N–H and O–H groups in total. The van der Waals surface area contributed by atoms with Crippen LogP contribution < -0.4 is 15.0 Å². The Morgan fingerprint density at radius 1 is 1.14 bits per heavy atom. The summed E-state index contributed by atoms with van der Waals surface area (Å²) >= 11 is 5.92. The Labute approximate surface area is 170 Å². The van der Waals surface area contributed by atoms with Gasteiger partial charge < -0.3 is 15.0 Å². The lowest BCUT2D eigenvalue weighted by atomic mass is 10.2. The van der Waals surface area contributed by atoms with Crippen LogP contribution in [0.15, 0.2) is 42.5 Å². The van der Waals surface area contributed by atoms with E-state index >= 15 is 0 Å². The Bertz CT molecular complexity index is 772. The second-order valence-corrected chi connectivity index (χ2v) is 7.14. The molecule has 2 aromatic rings. The van der Waals surface area contributed by atoms with E-state index in [9.17, 15) is 9.18 Å². The number of piperazine rings is 1. The number of nitrogens with zero attached hydrogens (tertiary/aromatic N) is 2. The molecular weight excluding hydrogens is 381 g/mol. The van der Waals surface area contributed by atoms with Crippen molar-refractivity contribution in [1.82, 2.24) is 10.2 Å². The molecule has 0 radical (unpaired) electrons. The highest BCUT2D eigenvalue weighted by atomic mass is 35.5. The van der Waals surface area contributed by atoms with Gasteiger partial charge in [-0.1, -0.05) is 17.7 Å². The van der Waals surface area contributed by atoms with E-state index in [1.807, 2.05) is 12.1 Å². The second-order valence-electron chi connectivity index (χ2n) is 6.73. The van der Waals surface area contributed by atoms with Crippen molar-refractivity contribution >= 4 is 23.2 Å². The molecule has 2 aromatic carbocycles. The number of methoxy groups -OCH3 is 1. The highest BCUT2D eigenvalue weighted by Crippen LogP contribution is 2.21. The number of hydrogen-bond donors (Lipinski definition) is 1. The van der Waals surface area contributed by atoms with Crippen LogP contribution in [0.5, 0.6) is 5.75 Å². The molecule has 0 aromatic heterocycles. The summed E-state index contributed by atoms with van der Waals surface area (Å²) in [4.78, 5) is 16.9. The Morgan fingerprint density at radius 3 is 2.50 bits per heavy atom. The van der Waals surface area contributed by atoms with Crippen molar-refractivity contribution in [3.05, 3.63) is 58.9 Å². The number of anilines is 1. The number of carbonyl (C=O) groups excluding carboxylic acids is 1. The number of carbonyl (C=O) groups is 1. The first-order valence-electron chi connectivity index (χ1n) is 9.42. The maximum Gasteiger partial charge on any atom is 0.255 e. The number of hydrogen-bond acceptors (Lipinski definition) is 4. The fourth-order valence-corrected chi connectivity index (χ4v) is 3.58. The SMILES string of the molecule is COc1ccc(N2CCN(CCCNC(=O)c3c(F)cccc3Cl)CC2)cc1. The maximum atomic E-state index is 13.8. The monoisotopic (exact) mass is 405 g/mol. The molecule has 3 rings (SSSR count). The van der Waals surface area contributed by atoms with E-state index in [4.69, 9.17) is 16.3 Å². The van der Waals surface area contributed by atoms with Crippen LogP contribution >= 0.6 is 11.6 Å². The molecule has 1 aliphatic rings. The lowest BCUT2D eigenvalue weighted by Gasteiger charge is -2.36. The van der Waals surface area contributed by atoms with Crippen LogP contribution in [0.4, 0.5) is 10.1 Å². The zero-order valence-electron chi connectivity index (χ0n) is 16.0. The molecule has 0 atom stereocenters. The van der Waals surface area contributed by atoms with Gasteiger partial charge in [0.2, 0.25) is 0 Å². The van der Waals surface area contributed by atoms with Crippen molar-refractivity contribution in [3.8, 4) is 5.75 Å². The van der Waals surface area contributed by atoms with Crippen LogP contribution in [0.25, 0.3) is 0 Å². The molecular formula is C21H25ClFN3O2. The molecule has 5 nitrogen and oxygen atoms in total. The topological polar surface area (TPSA) is 44.8 Å². The molecule has 1 aliphatic heterocycles. The Kier molecular flexibility index (Phi) is 7.12. The minimum absolute atomic E-state index is 0.0859. The van der Waals surface area contributed by atoms with Gasteiger partial charge in [0.15, 0.2) is 0 Å². The Hall–Kier alpha value is -2.31. The lowest BCUT2D eigenvalue weighted by molar-refractivity contribution is 0.0947. The van der Waals surface area contributed by atoms with Crippen LogP contribution in [0, 0.1) is 5.82 Å². The zero-order valence-corrected chi connectivity index (χ0v) is 16.7. The van der Waals surface area contributed by atoms with Crippen molar-refractivity contribution in [2.45, 2.75) is 6.42 Å². The van der Waals surface area contributed by atoms with Gasteiger partial charge in [0.05, 0.1) is 17.7 Å². The van der Waals surface area contributed by atoms with Crippen molar-refractivity contribution in [3.63, 3.8) is 0 Å². The largest absolute Gasteiger partial charge is 0.497 e. The van der Waals surface area contributed by atoms with E-state index in [2.05, 4.69) is 27.2 Å². The second kappa shape index (κ2) is 9.75. The first-order chi connectivity index (χ1) is 13.6. The molecule has 7 heteroatoms. The van der Waals surface area contributed by atoms with Gasteiger partial charge in [0.1, 0.15) is 11.6 Å². The van der Waals surface area contributed by atoms with Crippen molar-refractivity contribution in [1.29, 1.82) is 0 Å². The highest BCUT2D eigenvalue weighted by Gasteiger charge is 2.18. The minimum atomic E-state index is -0.598. The standard InChI is InChI=1S/C21H25ClFN3O2/c1-28-17-8-6-16(7-9-17)26-14-12-25(13-15-26)11-3-10-24-21(27)20-18(22)4-2-5-19(20)23/h2,4-9H,3,10-15H2,1H3,(H,24,27). The third-order valence-electron chi connectivity index (χ3n) is 4.94. The van der Waals surface area contributed by atoms with Crippen LogP contribution in [0.2, 0.25) is 5.02 Å². The Morgan fingerprint density at radius 2 is 1.86 bits per heavy atom. The molecule has 0 aliphatic carbocycles. The summed E-state index contributed by atoms with van der Waals surface area (Å²) < 4.78 is 19.0. The van der Waals surface area contributed by atoms with E-state index in [1.54, 1.807) is 7.11 Å². The van der Waals surface area contributed by atoms with Gasteiger partial charge in [0, 0.05) is 38.4 Å². The number of amides is 1. The molecule has 1 fully saturated rings. The van der Waals surface area contributed by atoms with Gasteiger partial charge in [-0.15, -0.1) is 0 Å². The van der Waals surface area contributed by atoms with E-state index in [-0.39, 0.29) is 10.6 Å². The summed E-state index contributed by atoms with van der Waals surface area (Å²) in [6.45, 7) is 5.25. The van der Waals surface area contributed by atoms with Crippen molar-refractivity contribution < 1.29 is 13.9 Å². The molecule has 1 heterocycles. The summed E-state index contributed by atoms with van der Waals surface area (Å²) in [6, 6.07) is 12.4. The van der Waals surface area contributed by atoms with Crippen molar-refractivity contribution in [2.24, 2.45) is 0 Å². The van der Waals surface area contributed by atoms with Gasteiger partial charge in [-0.2, -0.15) is 0 Å². The first kappa shape index (κ1) is 20.4. The van der Waals surface area contributed by atoms with Gasteiger partial charge in [-0.25, -0.2) is 4.39 Å². The minimum Gasteiger partial charge on any atom is -0.497 e. The lowest BCUT2D eigenvalue weighted by Crippen LogP contribution is -2.47. The van der Waals surface area contributed by atoms with E-state index in [1.165, 1.54) is 23.9 Å². The Balaban J connectivity index is 1.38. The van der Waals surface area contributed by atoms with Gasteiger partial charge in [-0.3, -0.25) is 9.69 Å². The van der Waals surface area contributed by atoms with Crippen molar-refractivity contribution in [2.75, 3.05) is 51.3 Å². The third kappa shape index (κ3) is 5.14. The molecule has 150 valence electrons. The van der Waals surface area contributed by atoms with Crippen LogP contribution in [0.3, 0.4) is 0 Å². The van der Waals surface area contributed by atoms with Gasteiger partial charge >= 0.3 is 0 Å². The number of benzene rings is 2. The first-order valence-corrected chi connectivity index (χ1v) is 9.80. The zero-order chi connectivity index (χ0) is 19.9. The normalized spacial score (nSPS) is 14.8. The number of nitrogens with one attached hydrogen (secondary N) is 1. The number of halogens is 2. The fraction of sp³-hybridized carbons (Fsp3) is 0.381. The average Bonchev–Trinajstić information content (AvgIpc) is 2.72. The highest BCUT2D eigenvalue weighted by molar-refractivity contribution is 6.33. The van der Waals surface area contributed by atoms with Gasteiger partial charge in [-0.05, 0) is 49.4 Å². The predicted molar refractivity (Wildman–Crippen MR) is 110 cm³/mol. The third-order valence-corrected chi connectivity index (χ3v) is 5.25. The quantitative estimate of drug-likeness (QED) is 0.717. The van der Waals surface area contributed by atoms with Gasteiger partial charge in [0.25, 0.3) is 5.91 Å². The van der Waals surface area contributed by atoms with E-state index in [0.717, 1.165) is 44.9 Å². The number of ether oxygens (including phenoxy) is 1. The fourth-order valence-electron chi connectivity index (χ4n) is 3.33. The van der Waals surface area contributed by atoms with E-state index in [0.29, 0.717) is 6.54 Å². The molecule has 28 heavy (non-hydrogen) atoms. The summed E-state index contributed by atoms with van der Waals surface area (Å²) in [5.74, 6) is -0.201. The molecule has 1 amide bonds. The molecule has 1 saturated heterocycles. The van der Waals surface area contributed by atoms with E-state index < -0.39 is 11.7 Å². The molecule has 0 bridgehead atoms. The van der Waals surface area contributed by atoms with Crippen LogP contribution in [-0.4, -0.2) is 57.2 Å². The molecule has 0 spiro atoms. The summed E-state index contributed by atoms with van der Waals surface area (Å²) in [6.07, 6.45) is 0.806. The summed E-state index contributed by atoms with van der Waals surface area (Å²) in [5, 5.41) is 2.88. The van der Waals surface area contributed by atoms with Crippen LogP contribution in [-0.2, 0) is 0 Å². The molecule has 0 unspecified atom stereocenters. The van der Waals surface area contributed by atoms with Crippen LogP contribution in [0.1, 0.15) is 16.8 Å². The molecule has 0 saturated carbocycles. The predicted octanol–water partition coefficient (Wildman–Crippen LogP) is 3.43. The number of rotatable bonds is 7. The average molecular weight is 406 g/mol. The summed E-state index contributed by atoms with van der Waals surface area (Å²) in [7, 11) is 1.67. The maximum absolute atomic E-state index is 13.8. The summed E-state index contributed by atoms with van der Waals surface area (Å²) in [5.41, 5.74) is 1.12.